The van der Waals surface area contributed by atoms with Gasteiger partial charge in [0, 0.05) is 25.5 Å². The summed E-state index contributed by atoms with van der Waals surface area (Å²) in [5, 5.41) is 0. The monoisotopic (exact) mass is 377 g/mol. The molecule has 1 aliphatic heterocycles. The predicted molar refractivity (Wildman–Crippen MR) is 95.7 cm³/mol. The first-order chi connectivity index (χ1) is 12.8. The van der Waals surface area contributed by atoms with Gasteiger partial charge in [-0.1, -0.05) is 24.8 Å². The second-order valence-electron chi connectivity index (χ2n) is 7.10. The number of hydrogen-bond donors (Lipinski definition) is 0. The summed E-state index contributed by atoms with van der Waals surface area (Å²) in [5.41, 5.74) is -0.504. The topological polar surface area (TPSA) is 46.1 Å². The van der Waals surface area contributed by atoms with Gasteiger partial charge in [0.15, 0.2) is 0 Å². The molecular formula is C20H22F3N3O. The molecule has 1 saturated heterocycles. The number of fused-ring (bicyclic) bond motifs is 1. The molecule has 1 saturated carbocycles. The molecule has 2 heterocycles. The first-order valence-corrected chi connectivity index (χ1v) is 8.97. The maximum absolute atomic E-state index is 13.4. The molecular weight excluding hydrogens is 355 g/mol. The van der Waals surface area contributed by atoms with E-state index in [4.69, 9.17) is 0 Å². The Labute approximate surface area is 156 Å². The van der Waals surface area contributed by atoms with Crippen LogP contribution in [0.4, 0.5) is 13.2 Å². The fraction of sp³-hybridized carbons (Fsp3) is 0.450. The number of hydrogen-bond acceptors (Lipinski definition) is 3. The van der Waals surface area contributed by atoms with Crippen LogP contribution < -0.4 is 0 Å². The zero-order chi connectivity index (χ0) is 19.6. The summed E-state index contributed by atoms with van der Waals surface area (Å²) >= 11 is 0. The minimum Gasteiger partial charge on any atom is -0.335 e. The first kappa shape index (κ1) is 19.3. The van der Waals surface area contributed by atoms with E-state index in [2.05, 4.69) is 16.5 Å². The van der Waals surface area contributed by atoms with Gasteiger partial charge in [-0.2, -0.15) is 13.2 Å². The lowest BCUT2D eigenvalue weighted by molar-refractivity contribution is -0.0900. The highest BCUT2D eigenvalue weighted by Crippen LogP contribution is 2.47. The molecule has 1 aromatic rings. The van der Waals surface area contributed by atoms with E-state index in [9.17, 15) is 18.0 Å². The Balaban J connectivity index is 1.66. The molecule has 2 aliphatic rings. The van der Waals surface area contributed by atoms with Crippen molar-refractivity contribution in [2.24, 2.45) is 17.8 Å². The fourth-order valence-corrected chi connectivity index (χ4v) is 4.10. The van der Waals surface area contributed by atoms with Crippen LogP contribution in [0, 0.1) is 17.8 Å². The van der Waals surface area contributed by atoms with Crippen LogP contribution >= 0.6 is 0 Å². The van der Waals surface area contributed by atoms with Crippen molar-refractivity contribution in [3.05, 3.63) is 60.2 Å². The Hall–Kier alpha value is -2.44. The second kappa shape index (κ2) is 7.66. The van der Waals surface area contributed by atoms with Crippen LogP contribution in [0.5, 0.6) is 0 Å². The van der Waals surface area contributed by atoms with E-state index in [1.54, 1.807) is 24.0 Å². The van der Waals surface area contributed by atoms with E-state index in [1.165, 1.54) is 18.5 Å². The molecule has 7 heteroatoms. The first-order valence-electron chi connectivity index (χ1n) is 8.97. The molecule has 144 valence electrons. The lowest BCUT2D eigenvalue weighted by Gasteiger charge is -2.22. The lowest BCUT2D eigenvalue weighted by Crippen LogP contribution is -2.31. The third kappa shape index (κ3) is 4.12. The Kier molecular flexibility index (Phi) is 5.48. The highest BCUT2D eigenvalue weighted by Gasteiger charge is 2.46. The molecule has 1 aliphatic carbocycles. The van der Waals surface area contributed by atoms with Gasteiger partial charge in [0.05, 0.1) is 5.57 Å². The molecule has 1 unspecified atom stereocenters. The molecule has 3 rings (SSSR count). The number of amides is 1. The standard InChI is InChI=1S/C20H22F3N3O/c1-3-4-6-17(20(21,22)23)13(2)14-9-15-11-26(12-16(15)10-14)19(27)18-24-7-5-8-25-18/h3-8,14-16H,2,9-12H2,1H3/b4-3-,17-6+/t14?,15-,16+. The van der Waals surface area contributed by atoms with E-state index < -0.39 is 11.7 Å². The minimum absolute atomic E-state index is 0.152. The van der Waals surface area contributed by atoms with Gasteiger partial charge in [0.2, 0.25) is 5.82 Å². The Morgan fingerprint density at radius 3 is 2.33 bits per heavy atom. The molecule has 0 aromatic carbocycles. The van der Waals surface area contributed by atoms with Crippen LogP contribution in [-0.4, -0.2) is 40.0 Å². The Bertz CT molecular complexity index is 756. The van der Waals surface area contributed by atoms with Crippen molar-refractivity contribution in [2.45, 2.75) is 25.9 Å². The molecule has 4 nitrogen and oxygen atoms in total. The van der Waals surface area contributed by atoms with Crippen LogP contribution in [0.25, 0.3) is 0 Å². The number of aromatic nitrogens is 2. The number of nitrogens with zero attached hydrogens (tertiary/aromatic N) is 3. The number of halogens is 3. The lowest BCUT2D eigenvalue weighted by atomic mass is 9.90. The molecule has 2 fully saturated rings. The van der Waals surface area contributed by atoms with Crippen LogP contribution in [0.15, 0.2) is 54.4 Å². The van der Waals surface area contributed by atoms with Crippen molar-refractivity contribution in [1.29, 1.82) is 0 Å². The maximum Gasteiger partial charge on any atom is 0.416 e. The van der Waals surface area contributed by atoms with E-state index in [0.29, 0.717) is 25.9 Å². The number of carbonyl (C=O) groups excluding carboxylic acids is 1. The maximum atomic E-state index is 13.4. The van der Waals surface area contributed by atoms with E-state index in [1.807, 2.05) is 0 Å². The highest BCUT2D eigenvalue weighted by molar-refractivity contribution is 5.90. The Morgan fingerprint density at radius 2 is 1.81 bits per heavy atom. The summed E-state index contributed by atoms with van der Waals surface area (Å²) in [4.78, 5) is 22.1. The predicted octanol–water partition coefficient (Wildman–Crippen LogP) is 4.20. The molecule has 1 aromatic heterocycles. The van der Waals surface area contributed by atoms with Crippen LogP contribution in [0.3, 0.4) is 0 Å². The zero-order valence-electron chi connectivity index (χ0n) is 15.1. The van der Waals surface area contributed by atoms with Gasteiger partial charge in [0.1, 0.15) is 0 Å². The molecule has 0 spiro atoms. The number of allylic oxidation sites excluding steroid dienone is 5. The number of likely N-dealkylation sites (tertiary alicyclic amines) is 1. The highest BCUT2D eigenvalue weighted by atomic mass is 19.4. The van der Waals surface area contributed by atoms with Crippen LogP contribution in [-0.2, 0) is 0 Å². The van der Waals surface area contributed by atoms with Gasteiger partial charge >= 0.3 is 6.18 Å². The average molecular weight is 377 g/mol. The van der Waals surface area contributed by atoms with Gasteiger partial charge < -0.3 is 4.90 Å². The quantitative estimate of drug-likeness (QED) is 0.739. The fourth-order valence-electron chi connectivity index (χ4n) is 4.10. The normalized spacial score (nSPS) is 25.9. The summed E-state index contributed by atoms with van der Waals surface area (Å²) < 4.78 is 40.1. The van der Waals surface area contributed by atoms with Gasteiger partial charge in [-0.15, -0.1) is 0 Å². The second-order valence-corrected chi connectivity index (χ2v) is 7.10. The van der Waals surface area contributed by atoms with E-state index >= 15 is 0 Å². The van der Waals surface area contributed by atoms with Crippen molar-refractivity contribution < 1.29 is 18.0 Å². The molecule has 1 amide bonds. The van der Waals surface area contributed by atoms with Crippen molar-refractivity contribution >= 4 is 5.91 Å². The molecule has 27 heavy (non-hydrogen) atoms. The third-order valence-corrected chi connectivity index (χ3v) is 5.39. The van der Waals surface area contributed by atoms with Gasteiger partial charge in [-0.05, 0) is 49.2 Å². The molecule has 0 radical (unpaired) electrons. The summed E-state index contributed by atoms with van der Waals surface area (Å²) in [7, 11) is 0. The summed E-state index contributed by atoms with van der Waals surface area (Å²) in [5.74, 6) is 0.117. The zero-order valence-corrected chi connectivity index (χ0v) is 15.1. The molecule has 0 N–H and O–H groups in total. The molecule has 0 bridgehead atoms. The van der Waals surface area contributed by atoms with Gasteiger partial charge in [0.25, 0.3) is 5.91 Å². The summed E-state index contributed by atoms with van der Waals surface area (Å²) in [6, 6.07) is 1.64. The van der Waals surface area contributed by atoms with Crippen molar-refractivity contribution in [3.8, 4) is 0 Å². The average Bonchev–Trinajstić information content (AvgIpc) is 3.20. The summed E-state index contributed by atoms with van der Waals surface area (Å²) in [6.45, 7) is 6.50. The molecule has 3 atom stereocenters. The van der Waals surface area contributed by atoms with Gasteiger partial charge in [-0.3, -0.25) is 4.79 Å². The third-order valence-electron chi connectivity index (χ3n) is 5.39. The van der Waals surface area contributed by atoms with Crippen molar-refractivity contribution in [2.75, 3.05) is 13.1 Å². The number of alkyl halides is 3. The minimum atomic E-state index is -4.42. The SMILES string of the molecule is C=C(/C(=C\C=C/C)C(F)(F)F)C1C[C@@H]2CN(C(=O)c3ncccn3)C[C@@H]2C1. The van der Waals surface area contributed by atoms with E-state index in [0.717, 1.165) is 6.08 Å². The van der Waals surface area contributed by atoms with Crippen molar-refractivity contribution in [1.82, 2.24) is 14.9 Å². The van der Waals surface area contributed by atoms with Crippen LogP contribution in [0.1, 0.15) is 30.4 Å². The number of rotatable bonds is 4. The number of carbonyl (C=O) groups is 1. The Morgan fingerprint density at radius 1 is 1.22 bits per heavy atom. The van der Waals surface area contributed by atoms with Crippen LogP contribution in [0.2, 0.25) is 0 Å². The summed E-state index contributed by atoms with van der Waals surface area (Å²) in [6.07, 6.45) is 3.92. The smallest absolute Gasteiger partial charge is 0.335 e. The van der Waals surface area contributed by atoms with Gasteiger partial charge in [-0.25, -0.2) is 9.97 Å². The van der Waals surface area contributed by atoms with E-state index in [-0.39, 0.29) is 35.1 Å². The van der Waals surface area contributed by atoms with Crippen molar-refractivity contribution in [3.63, 3.8) is 0 Å². The largest absolute Gasteiger partial charge is 0.416 e.